The molecule has 2 heterocycles. The Morgan fingerprint density at radius 2 is 2.07 bits per heavy atom. The number of pyridine rings is 1. The maximum atomic E-state index is 12.3. The molecule has 0 saturated heterocycles. The number of para-hydroxylation sites is 1. The van der Waals surface area contributed by atoms with Gasteiger partial charge in [-0.15, -0.1) is 0 Å². The number of hydrogen-bond acceptors (Lipinski definition) is 5. The molecule has 2 aromatic heterocycles. The van der Waals surface area contributed by atoms with E-state index in [2.05, 4.69) is 15.4 Å². The summed E-state index contributed by atoms with van der Waals surface area (Å²) >= 11 is 0. The number of aromatic nitrogens is 3. The molecule has 1 aromatic carbocycles. The summed E-state index contributed by atoms with van der Waals surface area (Å²) in [4.78, 5) is 29.0. The third-order valence-corrected chi connectivity index (χ3v) is 3.95. The van der Waals surface area contributed by atoms with Crippen molar-refractivity contribution in [3.8, 4) is 5.82 Å². The highest BCUT2D eigenvalue weighted by Gasteiger charge is 2.22. The summed E-state index contributed by atoms with van der Waals surface area (Å²) in [5.74, 6) is -0.212. The highest BCUT2D eigenvalue weighted by atomic mass is 16.5. The first-order valence-electron chi connectivity index (χ1n) is 8.60. The van der Waals surface area contributed by atoms with Crippen LogP contribution in [0.3, 0.4) is 0 Å². The molecular formula is C20H20N4O3. The van der Waals surface area contributed by atoms with Gasteiger partial charge in [-0.3, -0.25) is 4.79 Å². The van der Waals surface area contributed by atoms with E-state index in [4.69, 9.17) is 4.74 Å². The molecule has 0 aliphatic carbocycles. The number of hydrogen-bond donors (Lipinski definition) is 1. The van der Waals surface area contributed by atoms with Crippen LogP contribution < -0.4 is 5.32 Å². The number of carbonyl (C=O) groups excluding carboxylic acids is 2. The Kier molecular flexibility index (Phi) is 5.30. The van der Waals surface area contributed by atoms with Gasteiger partial charge in [-0.25, -0.2) is 9.78 Å². The van der Waals surface area contributed by atoms with E-state index in [0.29, 0.717) is 5.82 Å². The number of nitrogens with zero attached hydrogens (tertiary/aromatic N) is 3. The standard InChI is InChI=1S/C20H20N4O3/c1-4-8-18(25)23-19-15(20(26)27-5-2)12-21-24(19)17-11-13(3)14-9-6-7-10-16(14)22-17/h4,6-12H,5H2,1-3H3,(H,23,25)/b8-4+. The molecule has 138 valence electrons. The van der Waals surface area contributed by atoms with Crippen molar-refractivity contribution >= 4 is 28.6 Å². The summed E-state index contributed by atoms with van der Waals surface area (Å²) in [6, 6.07) is 9.60. The average molecular weight is 364 g/mol. The predicted octanol–water partition coefficient (Wildman–Crippen LogP) is 3.42. The molecule has 0 bridgehead atoms. The van der Waals surface area contributed by atoms with E-state index in [-0.39, 0.29) is 23.9 Å². The van der Waals surface area contributed by atoms with Crippen molar-refractivity contribution < 1.29 is 14.3 Å². The van der Waals surface area contributed by atoms with E-state index in [9.17, 15) is 9.59 Å². The number of esters is 1. The lowest BCUT2D eigenvalue weighted by molar-refractivity contribution is -0.111. The van der Waals surface area contributed by atoms with E-state index in [1.54, 1.807) is 19.9 Å². The van der Waals surface area contributed by atoms with Crippen LogP contribution in [-0.4, -0.2) is 33.2 Å². The Bertz CT molecular complexity index is 1040. The highest BCUT2D eigenvalue weighted by Crippen LogP contribution is 2.24. The van der Waals surface area contributed by atoms with Gasteiger partial charge in [-0.2, -0.15) is 9.78 Å². The molecule has 3 rings (SSSR count). The fourth-order valence-electron chi connectivity index (χ4n) is 2.75. The summed E-state index contributed by atoms with van der Waals surface area (Å²) < 4.78 is 6.51. The zero-order valence-corrected chi connectivity index (χ0v) is 15.4. The molecule has 0 atom stereocenters. The monoisotopic (exact) mass is 364 g/mol. The fourth-order valence-corrected chi connectivity index (χ4v) is 2.75. The summed E-state index contributed by atoms with van der Waals surface area (Å²) in [5, 5.41) is 7.99. The smallest absolute Gasteiger partial charge is 0.343 e. The first kappa shape index (κ1) is 18.3. The van der Waals surface area contributed by atoms with Crippen molar-refractivity contribution in [1.82, 2.24) is 14.8 Å². The van der Waals surface area contributed by atoms with Gasteiger partial charge in [0.15, 0.2) is 11.6 Å². The molecule has 0 spiro atoms. The van der Waals surface area contributed by atoms with Crippen LogP contribution in [0.1, 0.15) is 29.8 Å². The summed E-state index contributed by atoms with van der Waals surface area (Å²) in [7, 11) is 0. The second-order valence-electron chi connectivity index (χ2n) is 5.84. The van der Waals surface area contributed by atoms with Crippen molar-refractivity contribution in [3.05, 3.63) is 59.8 Å². The number of aryl methyl sites for hydroxylation is 1. The number of benzene rings is 1. The van der Waals surface area contributed by atoms with Gasteiger partial charge in [0, 0.05) is 5.39 Å². The number of ether oxygens (including phenoxy) is 1. The van der Waals surface area contributed by atoms with E-state index < -0.39 is 5.97 Å². The van der Waals surface area contributed by atoms with Gasteiger partial charge in [0.2, 0.25) is 5.91 Å². The number of amides is 1. The Morgan fingerprint density at radius 1 is 1.30 bits per heavy atom. The van der Waals surface area contributed by atoms with Crippen molar-refractivity contribution in [2.24, 2.45) is 0 Å². The average Bonchev–Trinajstić information content (AvgIpc) is 3.05. The molecule has 0 aliphatic heterocycles. The van der Waals surface area contributed by atoms with Crippen molar-refractivity contribution in [2.45, 2.75) is 20.8 Å². The first-order chi connectivity index (χ1) is 13.0. The van der Waals surface area contributed by atoms with Gasteiger partial charge in [0.1, 0.15) is 5.56 Å². The zero-order chi connectivity index (χ0) is 19.4. The fraction of sp³-hybridized carbons (Fsp3) is 0.200. The maximum Gasteiger partial charge on any atom is 0.343 e. The Balaban J connectivity index is 2.14. The van der Waals surface area contributed by atoms with E-state index in [0.717, 1.165) is 16.5 Å². The third-order valence-electron chi connectivity index (χ3n) is 3.95. The lowest BCUT2D eigenvalue weighted by Crippen LogP contribution is -2.16. The van der Waals surface area contributed by atoms with Crippen molar-refractivity contribution in [2.75, 3.05) is 11.9 Å². The summed E-state index contributed by atoms with van der Waals surface area (Å²) in [6.07, 6.45) is 4.35. The SMILES string of the molecule is C/C=C/C(=O)Nc1c(C(=O)OCC)cnn1-c1cc(C)c2ccccc2n1. The van der Waals surface area contributed by atoms with Gasteiger partial charge in [-0.1, -0.05) is 24.3 Å². The molecule has 27 heavy (non-hydrogen) atoms. The number of carbonyl (C=O) groups is 2. The molecule has 7 heteroatoms. The Labute approximate surface area is 156 Å². The molecular weight excluding hydrogens is 344 g/mol. The van der Waals surface area contributed by atoms with Crippen LogP contribution in [0, 0.1) is 6.92 Å². The van der Waals surface area contributed by atoms with E-state index in [1.807, 2.05) is 37.3 Å². The topological polar surface area (TPSA) is 86.1 Å². The first-order valence-corrected chi connectivity index (χ1v) is 8.60. The van der Waals surface area contributed by atoms with Gasteiger partial charge in [-0.05, 0) is 44.5 Å². The van der Waals surface area contributed by atoms with Crippen LogP contribution >= 0.6 is 0 Å². The van der Waals surface area contributed by atoms with Crippen LogP contribution in [-0.2, 0) is 9.53 Å². The molecule has 0 fully saturated rings. The minimum Gasteiger partial charge on any atom is -0.462 e. The molecule has 0 radical (unpaired) electrons. The second-order valence-corrected chi connectivity index (χ2v) is 5.84. The molecule has 0 saturated carbocycles. The summed E-state index contributed by atoms with van der Waals surface area (Å²) in [5.41, 5.74) is 1.98. The molecule has 7 nitrogen and oxygen atoms in total. The quantitative estimate of drug-likeness (QED) is 0.554. The van der Waals surface area contributed by atoms with Crippen LogP contribution in [0.4, 0.5) is 5.82 Å². The lowest BCUT2D eigenvalue weighted by Gasteiger charge is -2.11. The molecule has 0 aliphatic rings. The minimum atomic E-state index is -0.558. The predicted molar refractivity (Wildman–Crippen MR) is 103 cm³/mol. The largest absolute Gasteiger partial charge is 0.462 e. The molecule has 3 aromatic rings. The van der Waals surface area contributed by atoms with Gasteiger partial charge in [0.05, 0.1) is 18.3 Å². The number of anilines is 1. The van der Waals surface area contributed by atoms with E-state index >= 15 is 0 Å². The highest BCUT2D eigenvalue weighted by molar-refractivity contribution is 6.04. The minimum absolute atomic E-state index is 0.169. The second kappa shape index (κ2) is 7.82. The van der Waals surface area contributed by atoms with Crippen LogP contribution in [0.15, 0.2) is 48.7 Å². The molecule has 1 N–H and O–H groups in total. The molecule has 0 unspecified atom stereocenters. The number of allylic oxidation sites excluding steroid dienone is 1. The zero-order valence-electron chi connectivity index (χ0n) is 15.4. The third kappa shape index (κ3) is 3.72. The van der Waals surface area contributed by atoms with Crippen LogP contribution in [0.2, 0.25) is 0 Å². The van der Waals surface area contributed by atoms with Crippen molar-refractivity contribution in [3.63, 3.8) is 0 Å². The van der Waals surface area contributed by atoms with E-state index in [1.165, 1.54) is 17.0 Å². The van der Waals surface area contributed by atoms with Gasteiger partial charge < -0.3 is 10.1 Å². The van der Waals surface area contributed by atoms with Crippen LogP contribution in [0.25, 0.3) is 16.7 Å². The van der Waals surface area contributed by atoms with Crippen molar-refractivity contribution in [1.29, 1.82) is 0 Å². The number of fused-ring (bicyclic) bond motifs is 1. The number of rotatable bonds is 5. The molecule has 1 amide bonds. The maximum absolute atomic E-state index is 12.3. The number of nitrogens with one attached hydrogen (secondary N) is 1. The Hall–Kier alpha value is -3.48. The van der Waals surface area contributed by atoms with Crippen LogP contribution in [0.5, 0.6) is 0 Å². The van der Waals surface area contributed by atoms with Gasteiger partial charge >= 0.3 is 5.97 Å². The van der Waals surface area contributed by atoms with Gasteiger partial charge in [0.25, 0.3) is 0 Å². The Morgan fingerprint density at radius 3 is 2.81 bits per heavy atom. The lowest BCUT2D eigenvalue weighted by atomic mass is 10.1. The summed E-state index contributed by atoms with van der Waals surface area (Å²) in [6.45, 7) is 5.65. The normalized spacial score (nSPS) is 11.1.